The summed E-state index contributed by atoms with van der Waals surface area (Å²) in [6.45, 7) is 4.30. The van der Waals surface area contributed by atoms with Crippen LogP contribution in [0.2, 0.25) is 0 Å². The second-order valence-corrected chi connectivity index (χ2v) is 10.7. The number of hydrogen-bond donors (Lipinski definition) is 0. The topological polar surface area (TPSA) is 0 Å². The highest BCUT2D eigenvalue weighted by Crippen LogP contribution is 2.51. The van der Waals surface area contributed by atoms with Crippen LogP contribution in [-0.4, -0.2) is 0 Å². The van der Waals surface area contributed by atoms with Crippen LogP contribution in [0.3, 0.4) is 0 Å². The average molecular weight is 505 g/mol. The molecule has 0 saturated carbocycles. The standard InChI is InChI=1S/C39H28/c1-39(2)35-21-10-9-15-28(35)29-23-22-26(24-36(29)39)37-31-16-5-7-18-33(31)38(34-19-8-6-17-32(34)37)30-20-11-13-25-12-3-4-14-27(25)30/h3-24H,1-2H3/i5D,6D,7D,8D,16D,17D,18D,19D. The van der Waals surface area contributed by atoms with Gasteiger partial charge in [0.25, 0.3) is 0 Å². The van der Waals surface area contributed by atoms with Crippen LogP contribution < -0.4 is 0 Å². The van der Waals surface area contributed by atoms with Crippen molar-refractivity contribution in [1.82, 2.24) is 0 Å². The Morgan fingerprint density at radius 2 is 1.05 bits per heavy atom. The van der Waals surface area contributed by atoms with Crippen molar-refractivity contribution in [3.63, 3.8) is 0 Å². The highest BCUT2D eigenvalue weighted by molar-refractivity contribution is 6.23. The molecule has 0 N–H and O–H groups in total. The summed E-state index contributed by atoms with van der Waals surface area (Å²) in [6.07, 6.45) is 0. The fraction of sp³-hybridized carbons (Fsp3) is 0.0769. The van der Waals surface area contributed by atoms with Gasteiger partial charge in [-0.2, -0.15) is 0 Å². The van der Waals surface area contributed by atoms with Gasteiger partial charge in [0.05, 0.1) is 11.0 Å². The van der Waals surface area contributed by atoms with E-state index in [0.29, 0.717) is 22.3 Å². The van der Waals surface area contributed by atoms with Crippen molar-refractivity contribution in [2.45, 2.75) is 19.3 Å². The molecule has 7 aromatic rings. The number of rotatable bonds is 2. The summed E-state index contributed by atoms with van der Waals surface area (Å²) in [5.74, 6) is 0. The highest BCUT2D eigenvalue weighted by atomic mass is 14.4. The molecule has 39 heavy (non-hydrogen) atoms. The van der Waals surface area contributed by atoms with Gasteiger partial charge >= 0.3 is 0 Å². The zero-order valence-electron chi connectivity index (χ0n) is 29.6. The Labute approximate surface area is 240 Å². The molecule has 7 aromatic carbocycles. The molecule has 0 aliphatic heterocycles. The van der Waals surface area contributed by atoms with Gasteiger partial charge in [0.2, 0.25) is 0 Å². The Morgan fingerprint density at radius 1 is 0.487 bits per heavy atom. The molecule has 0 unspecified atom stereocenters. The van der Waals surface area contributed by atoms with Crippen molar-refractivity contribution < 1.29 is 11.0 Å². The Morgan fingerprint density at radius 3 is 1.79 bits per heavy atom. The molecule has 8 rings (SSSR count). The lowest BCUT2D eigenvalue weighted by Crippen LogP contribution is -2.14. The predicted molar refractivity (Wildman–Crippen MR) is 167 cm³/mol. The molecule has 0 atom stereocenters. The number of benzene rings is 7. The molecule has 0 aromatic heterocycles. The van der Waals surface area contributed by atoms with E-state index < -0.39 is 24.2 Å². The van der Waals surface area contributed by atoms with E-state index in [1.807, 2.05) is 72.8 Å². The van der Waals surface area contributed by atoms with E-state index in [2.05, 4.69) is 26.0 Å². The summed E-state index contributed by atoms with van der Waals surface area (Å²) in [5.41, 5.74) is 6.03. The lowest BCUT2D eigenvalue weighted by molar-refractivity contribution is 0.660. The number of hydrogen-bond acceptors (Lipinski definition) is 0. The lowest BCUT2D eigenvalue weighted by atomic mass is 9.80. The SMILES string of the molecule is [2H]c1c([2H])c([2H])c2c(-c3cccc4ccccc34)c3c([2H])c([2H])c([2H])c([2H])c3c(-c3ccc4c(c3)C(C)(C)c3ccccc3-4)c2c1[2H]. The minimum Gasteiger partial charge on any atom is -0.0619 e. The first kappa shape index (κ1) is 15.7. The Kier molecular flexibility index (Phi) is 3.28. The second-order valence-electron chi connectivity index (χ2n) is 10.7. The van der Waals surface area contributed by atoms with Crippen molar-refractivity contribution in [2.75, 3.05) is 0 Å². The maximum absolute atomic E-state index is 9.29. The van der Waals surface area contributed by atoms with Gasteiger partial charge in [-0.25, -0.2) is 0 Å². The van der Waals surface area contributed by atoms with Gasteiger partial charge in [-0.1, -0.05) is 141 Å². The molecule has 0 radical (unpaired) electrons. The molecule has 0 spiro atoms. The number of fused-ring (bicyclic) bond motifs is 6. The lowest BCUT2D eigenvalue weighted by Gasteiger charge is -2.23. The second kappa shape index (κ2) is 8.16. The fourth-order valence-corrected chi connectivity index (χ4v) is 6.49. The molecule has 0 bridgehead atoms. The van der Waals surface area contributed by atoms with E-state index in [1.54, 1.807) is 0 Å². The summed E-state index contributed by atoms with van der Waals surface area (Å²) in [6, 6.07) is 24.9. The van der Waals surface area contributed by atoms with Crippen LogP contribution in [0.15, 0.2) is 133 Å². The fourth-order valence-electron chi connectivity index (χ4n) is 6.49. The van der Waals surface area contributed by atoms with Crippen LogP contribution in [0.25, 0.3) is 65.7 Å². The van der Waals surface area contributed by atoms with E-state index in [1.165, 1.54) is 5.56 Å². The van der Waals surface area contributed by atoms with Crippen LogP contribution in [-0.2, 0) is 5.41 Å². The maximum atomic E-state index is 9.29. The Bertz CT molecular complexity index is 2440. The highest BCUT2D eigenvalue weighted by Gasteiger charge is 2.35. The first-order valence-electron chi connectivity index (χ1n) is 17.1. The molecule has 1 aliphatic carbocycles. The normalized spacial score (nSPS) is 16.5. The predicted octanol–water partition coefficient (Wildman–Crippen LogP) is 10.8. The molecular formula is C39H28. The summed E-state index contributed by atoms with van der Waals surface area (Å²) in [4.78, 5) is 0. The minimum absolute atomic E-state index is 0.225. The quantitative estimate of drug-likeness (QED) is 0.205. The van der Waals surface area contributed by atoms with E-state index >= 15 is 0 Å². The molecule has 0 saturated heterocycles. The zero-order chi connectivity index (χ0) is 33.1. The van der Waals surface area contributed by atoms with Crippen LogP contribution in [0.5, 0.6) is 0 Å². The van der Waals surface area contributed by atoms with Crippen molar-refractivity contribution in [3.8, 4) is 33.4 Å². The summed E-state index contributed by atoms with van der Waals surface area (Å²) in [5, 5.41) is 2.61. The van der Waals surface area contributed by atoms with Crippen molar-refractivity contribution in [3.05, 3.63) is 144 Å². The van der Waals surface area contributed by atoms with E-state index in [0.717, 1.165) is 27.5 Å². The van der Waals surface area contributed by atoms with E-state index in [9.17, 15) is 5.48 Å². The summed E-state index contributed by atoms with van der Waals surface area (Å²) < 4.78 is 72.0. The summed E-state index contributed by atoms with van der Waals surface area (Å²) >= 11 is 0. The van der Waals surface area contributed by atoms with Gasteiger partial charge in [0.15, 0.2) is 0 Å². The zero-order valence-corrected chi connectivity index (χ0v) is 21.6. The minimum atomic E-state index is -0.402. The van der Waals surface area contributed by atoms with Crippen LogP contribution >= 0.6 is 0 Å². The van der Waals surface area contributed by atoms with Gasteiger partial charge in [0.1, 0.15) is 0 Å². The molecule has 0 nitrogen and oxygen atoms in total. The molecule has 0 fully saturated rings. The van der Waals surface area contributed by atoms with E-state index in [-0.39, 0.29) is 51.1 Å². The third kappa shape index (κ3) is 3.12. The van der Waals surface area contributed by atoms with Gasteiger partial charge < -0.3 is 0 Å². The van der Waals surface area contributed by atoms with Crippen molar-refractivity contribution in [1.29, 1.82) is 0 Å². The smallest absolute Gasteiger partial charge is 0.0619 e. The van der Waals surface area contributed by atoms with E-state index in [4.69, 9.17) is 5.48 Å². The van der Waals surface area contributed by atoms with Crippen LogP contribution in [0.1, 0.15) is 35.9 Å². The average Bonchev–Trinajstić information content (AvgIpc) is 3.32. The molecule has 1 aliphatic rings. The van der Waals surface area contributed by atoms with Crippen molar-refractivity contribution in [2.24, 2.45) is 0 Å². The molecule has 0 heteroatoms. The van der Waals surface area contributed by atoms with Crippen molar-refractivity contribution >= 4 is 32.3 Å². The van der Waals surface area contributed by atoms with Gasteiger partial charge in [0, 0.05) is 5.41 Å². The molecule has 184 valence electrons. The Hall–Kier alpha value is -4.68. The first-order valence-corrected chi connectivity index (χ1v) is 13.1. The summed E-state index contributed by atoms with van der Waals surface area (Å²) in [7, 11) is 0. The van der Waals surface area contributed by atoms with Crippen LogP contribution in [0.4, 0.5) is 0 Å². The van der Waals surface area contributed by atoms with Gasteiger partial charge in [-0.3, -0.25) is 0 Å². The molecule has 0 heterocycles. The third-order valence-corrected chi connectivity index (χ3v) is 8.31. The maximum Gasteiger partial charge on any atom is 0.0629 e. The monoisotopic (exact) mass is 504 g/mol. The molecular weight excluding hydrogens is 468 g/mol. The first-order chi connectivity index (χ1) is 22.4. The van der Waals surface area contributed by atoms with Crippen LogP contribution in [0, 0.1) is 0 Å². The van der Waals surface area contributed by atoms with Gasteiger partial charge in [-0.05, 0) is 82.9 Å². The third-order valence-electron chi connectivity index (χ3n) is 8.31. The van der Waals surface area contributed by atoms with Gasteiger partial charge in [-0.15, -0.1) is 0 Å². The largest absolute Gasteiger partial charge is 0.0629 e. The Balaban J connectivity index is 1.65. The molecule has 0 amide bonds.